The number of rotatable bonds is 2. The second-order valence-corrected chi connectivity index (χ2v) is 8.80. The van der Waals surface area contributed by atoms with E-state index in [4.69, 9.17) is 13.8 Å². The van der Waals surface area contributed by atoms with Crippen LogP contribution in [0, 0.1) is 0 Å². The maximum Gasteiger partial charge on any atom is 0.163 e. The van der Waals surface area contributed by atoms with Crippen molar-refractivity contribution in [3.05, 3.63) is 109 Å². The van der Waals surface area contributed by atoms with Gasteiger partial charge in [-0.15, -0.1) is 0 Å². The van der Waals surface area contributed by atoms with Gasteiger partial charge in [-0.3, -0.25) is 4.57 Å². The molecule has 164 valence electrons. The minimum absolute atomic E-state index is 0.790. The third kappa shape index (κ3) is 2.53. The van der Waals surface area contributed by atoms with Crippen LogP contribution in [0.15, 0.2) is 118 Å². The van der Waals surface area contributed by atoms with Crippen LogP contribution in [-0.2, 0) is 0 Å². The number of fused-ring (bicyclic) bond motifs is 7. The summed E-state index contributed by atoms with van der Waals surface area (Å²) in [4.78, 5) is 5.06. The lowest BCUT2D eigenvalue weighted by molar-refractivity contribution is 0.651. The van der Waals surface area contributed by atoms with Crippen molar-refractivity contribution in [2.75, 3.05) is 0 Å². The average molecular weight is 450 g/mol. The summed E-state index contributed by atoms with van der Waals surface area (Å²) in [7, 11) is 0. The molecule has 5 aromatic carbocycles. The molecule has 0 aliphatic heterocycles. The zero-order valence-corrected chi connectivity index (χ0v) is 18.6. The highest BCUT2D eigenvalue weighted by molar-refractivity contribution is 6.20. The molecule has 0 atom stereocenters. The second kappa shape index (κ2) is 6.84. The van der Waals surface area contributed by atoms with Crippen molar-refractivity contribution in [1.29, 1.82) is 0 Å². The molecule has 0 saturated carbocycles. The van der Waals surface area contributed by atoms with E-state index in [-0.39, 0.29) is 0 Å². The van der Waals surface area contributed by atoms with E-state index >= 15 is 0 Å². The average Bonchev–Trinajstić information content (AvgIpc) is 3.59. The van der Waals surface area contributed by atoms with Crippen LogP contribution >= 0.6 is 0 Å². The highest BCUT2D eigenvalue weighted by Gasteiger charge is 2.25. The largest absolute Gasteiger partial charge is 0.454 e. The van der Waals surface area contributed by atoms with E-state index in [0.29, 0.717) is 0 Å². The van der Waals surface area contributed by atoms with Gasteiger partial charge < -0.3 is 8.83 Å². The first-order chi connectivity index (χ1) is 17.4. The Morgan fingerprint density at radius 2 is 1.11 bits per heavy atom. The molecule has 0 aliphatic rings. The smallest absolute Gasteiger partial charge is 0.163 e. The molecule has 3 heterocycles. The Morgan fingerprint density at radius 1 is 0.543 bits per heavy atom. The first kappa shape index (κ1) is 18.6. The van der Waals surface area contributed by atoms with Crippen LogP contribution < -0.4 is 0 Å². The SMILES string of the molecule is c1ccc(-c2nc3ccccc3n2-c2c3oc4ccccc4c3cc3c2oc2ccccc23)cc1. The van der Waals surface area contributed by atoms with Gasteiger partial charge in [0.1, 0.15) is 22.7 Å². The topological polar surface area (TPSA) is 44.1 Å². The molecular formula is C31H18N2O2. The van der Waals surface area contributed by atoms with E-state index in [1.807, 2.05) is 60.7 Å². The van der Waals surface area contributed by atoms with Crippen LogP contribution in [0.2, 0.25) is 0 Å². The Morgan fingerprint density at radius 3 is 1.80 bits per heavy atom. The van der Waals surface area contributed by atoms with Crippen LogP contribution in [0.3, 0.4) is 0 Å². The third-order valence-electron chi connectivity index (χ3n) is 6.80. The van der Waals surface area contributed by atoms with E-state index in [9.17, 15) is 0 Å². The maximum atomic E-state index is 6.54. The number of para-hydroxylation sites is 4. The molecule has 0 aliphatic carbocycles. The van der Waals surface area contributed by atoms with Crippen LogP contribution in [0.1, 0.15) is 0 Å². The summed E-state index contributed by atoms with van der Waals surface area (Å²) >= 11 is 0. The Balaban J connectivity index is 1.65. The van der Waals surface area contributed by atoms with Gasteiger partial charge in [-0.05, 0) is 30.3 Å². The number of aromatic nitrogens is 2. The quantitative estimate of drug-likeness (QED) is 0.265. The molecule has 0 radical (unpaired) electrons. The molecule has 0 unspecified atom stereocenters. The summed E-state index contributed by atoms with van der Waals surface area (Å²) in [5.41, 5.74) is 7.11. The number of imidazole rings is 1. The molecule has 0 amide bonds. The lowest BCUT2D eigenvalue weighted by Gasteiger charge is -2.11. The van der Waals surface area contributed by atoms with Crippen LogP contribution in [0.4, 0.5) is 0 Å². The molecular weight excluding hydrogens is 432 g/mol. The van der Waals surface area contributed by atoms with Crippen molar-refractivity contribution in [3.63, 3.8) is 0 Å². The Kier molecular flexibility index (Phi) is 3.63. The van der Waals surface area contributed by atoms with E-state index < -0.39 is 0 Å². The predicted molar refractivity (Wildman–Crippen MR) is 141 cm³/mol. The minimum atomic E-state index is 0.790. The lowest BCUT2D eigenvalue weighted by Crippen LogP contribution is -1.99. The molecule has 0 bridgehead atoms. The Bertz CT molecular complexity index is 1970. The van der Waals surface area contributed by atoms with Crippen molar-refractivity contribution in [2.45, 2.75) is 0 Å². The van der Waals surface area contributed by atoms with Gasteiger partial charge in [0, 0.05) is 27.1 Å². The van der Waals surface area contributed by atoms with E-state index in [0.717, 1.165) is 72.0 Å². The highest BCUT2D eigenvalue weighted by Crippen LogP contribution is 2.43. The zero-order chi connectivity index (χ0) is 22.9. The first-order valence-corrected chi connectivity index (χ1v) is 11.7. The Labute approximate surface area is 199 Å². The molecule has 4 heteroatoms. The summed E-state index contributed by atoms with van der Waals surface area (Å²) in [6, 6.07) is 37.1. The summed E-state index contributed by atoms with van der Waals surface area (Å²) in [6.07, 6.45) is 0. The number of hydrogen-bond acceptors (Lipinski definition) is 3. The van der Waals surface area contributed by atoms with Crippen LogP contribution in [-0.4, -0.2) is 9.55 Å². The summed E-state index contributed by atoms with van der Waals surface area (Å²) in [5, 5.41) is 4.29. The molecule has 8 aromatic rings. The van der Waals surface area contributed by atoms with Gasteiger partial charge in [0.05, 0.1) is 11.0 Å². The van der Waals surface area contributed by atoms with Gasteiger partial charge in [0.15, 0.2) is 11.2 Å². The first-order valence-electron chi connectivity index (χ1n) is 11.7. The monoisotopic (exact) mass is 450 g/mol. The number of furan rings is 2. The fraction of sp³-hybridized carbons (Fsp3) is 0. The van der Waals surface area contributed by atoms with Gasteiger partial charge in [-0.2, -0.15) is 0 Å². The summed E-state index contributed by atoms with van der Waals surface area (Å²) < 4.78 is 15.3. The van der Waals surface area contributed by atoms with Crippen molar-refractivity contribution in [2.24, 2.45) is 0 Å². The van der Waals surface area contributed by atoms with E-state index in [1.165, 1.54) is 0 Å². The minimum Gasteiger partial charge on any atom is -0.454 e. The van der Waals surface area contributed by atoms with Crippen molar-refractivity contribution >= 4 is 54.9 Å². The molecule has 8 rings (SSSR count). The normalized spacial score (nSPS) is 12.0. The molecule has 0 N–H and O–H groups in total. The molecule has 0 saturated heterocycles. The van der Waals surface area contributed by atoms with Gasteiger partial charge in [-0.25, -0.2) is 4.98 Å². The van der Waals surface area contributed by atoms with Gasteiger partial charge >= 0.3 is 0 Å². The van der Waals surface area contributed by atoms with Crippen LogP contribution in [0.25, 0.3) is 72.0 Å². The third-order valence-corrected chi connectivity index (χ3v) is 6.80. The maximum absolute atomic E-state index is 6.54. The second-order valence-electron chi connectivity index (χ2n) is 8.80. The fourth-order valence-electron chi connectivity index (χ4n) is 5.25. The predicted octanol–water partition coefficient (Wildman–Crippen LogP) is 8.49. The summed E-state index contributed by atoms with van der Waals surface area (Å²) in [5.74, 6) is 0.849. The highest BCUT2D eigenvalue weighted by atomic mass is 16.3. The molecule has 0 fully saturated rings. The van der Waals surface area contributed by atoms with Crippen LogP contribution in [0.5, 0.6) is 0 Å². The van der Waals surface area contributed by atoms with E-state index in [1.54, 1.807) is 0 Å². The van der Waals surface area contributed by atoms with Gasteiger partial charge in [0.2, 0.25) is 0 Å². The standard InChI is InChI=1S/C31H18N2O2/c1-2-10-19(11-3-1)31-32-24-14-6-7-15-25(24)33(31)28-29-22(20-12-4-8-16-26(20)34-29)18-23-21-13-5-9-17-27(21)35-30(23)28/h1-18H. The molecule has 35 heavy (non-hydrogen) atoms. The number of hydrogen-bond donors (Lipinski definition) is 0. The number of nitrogens with zero attached hydrogens (tertiary/aromatic N) is 2. The Hall–Kier alpha value is -4.83. The lowest BCUT2D eigenvalue weighted by atomic mass is 10.1. The molecule has 0 spiro atoms. The van der Waals surface area contributed by atoms with Crippen molar-refractivity contribution in [1.82, 2.24) is 9.55 Å². The van der Waals surface area contributed by atoms with Gasteiger partial charge in [-0.1, -0.05) is 78.9 Å². The number of benzene rings is 5. The molecule has 3 aromatic heterocycles. The van der Waals surface area contributed by atoms with E-state index in [2.05, 4.69) is 53.1 Å². The van der Waals surface area contributed by atoms with Crippen molar-refractivity contribution < 1.29 is 8.83 Å². The molecule has 4 nitrogen and oxygen atoms in total. The summed E-state index contributed by atoms with van der Waals surface area (Å²) in [6.45, 7) is 0. The fourth-order valence-corrected chi connectivity index (χ4v) is 5.25. The zero-order valence-electron chi connectivity index (χ0n) is 18.6. The van der Waals surface area contributed by atoms with Gasteiger partial charge in [0.25, 0.3) is 0 Å². The van der Waals surface area contributed by atoms with Crippen molar-refractivity contribution in [3.8, 4) is 17.1 Å².